The van der Waals surface area contributed by atoms with Crippen molar-refractivity contribution < 1.29 is 4.79 Å². The number of hydrogen-bond acceptors (Lipinski definition) is 3. The molecule has 2 rings (SSSR count). The summed E-state index contributed by atoms with van der Waals surface area (Å²) in [4.78, 5) is 14.9. The van der Waals surface area contributed by atoms with Gasteiger partial charge in [0, 0.05) is 12.6 Å². The van der Waals surface area contributed by atoms with E-state index in [0.717, 1.165) is 25.8 Å². The van der Waals surface area contributed by atoms with Gasteiger partial charge in [0.25, 0.3) is 5.91 Å². The second-order valence-electron chi connectivity index (χ2n) is 7.85. The smallest absolute Gasteiger partial charge is 0.276 e. The first-order valence-corrected chi connectivity index (χ1v) is 8.53. The molecule has 0 saturated carbocycles. The van der Waals surface area contributed by atoms with Gasteiger partial charge in [-0.05, 0) is 46.0 Å². The molecule has 0 spiro atoms. The standard InChI is InChI=1S/C17H30N4O/c1-13(2)11-14-9-7-6-8-10-20(14)16(22)15-12-21(19-18-15)17(3,4)5/h12-14H,6-11H2,1-5H3. The predicted octanol–water partition coefficient (Wildman–Crippen LogP) is 3.46. The van der Waals surface area contributed by atoms with E-state index >= 15 is 0 Å². The average Bonchev–Trinajstić information content (AvgIpc) is 2.80. The Hall–Kier alpha value is -1.39. The van der Waals surface area contributed by atoms with Crippen LogP contribution < -0.4 is 0 Å². The fourth-order valence-corrected chi connectivity index (χ4v) is 3.07. The minimum Gasteiger partial charge on any atom is -0.334 e. The van der Waals surface area contributed by atoms with E-state index in [-0.39, 0.29) is 11.4 Å². The number of carbonyl (C=O) groups excluding carboxylic acids is 1. The molecule has 124 valence electrons. The molecule has 0 aliphatic carbocycles. The van der Waals surface area contributed by atoms with Gasteiger partial charge in [-0.15, -0.1) is 5.10 Å². The van der Waals surface area contributed by atoms with Crippen molar-refractivity contribution >= 4 is 5.91 Å². The van der Waals surface area contributed by atoms with Crippen LogP contribution in [0.1, 0.15) is 77.2 Å². The molecule has 1 aromatic heterocycles. The fourth-order valence-electron chi connectivity index (χ4n) is 3.07. The van der Waals surface area contributed by atoms with E-state index in [1.54, 1.807) is 10.9 Å². The van der Waals surface area contributed by atoms with Gasteiger partial charge in [0.05, 0.1) is 11.7 Å². The molecule has 22 heavy (non-hydrogen) atoms. The summed E-state index contributed by atoms with van der Waals surface area (Å²) < 4.78 is 1.77. The Morgan fingerprint density at radius 1 is 1.32 bits per heavy atom. The topological polar surface area (TPSA) is 51.0 Å². The number of rotatable bonds is 3. The minimum atomic E-state index is -0.151. The lowest BCUT2D eigenvalue weighted by Crippen LogP contribution is -2.41. The number of likely N-dealkylation sites (tertiary alicyclic amines) is 1. The predicted molar refractivity (Wildman–Crippen MR) is 87.8 cm³/mol. The quantitative estimate of drug-likeness (QED) is 0.859. The average molecular weight is 306 g/mol. The summed E-state index contributed by atoms with van der Waals surface area (Å²) >= 11 is 0. The molecule has 1 saturated heterocycles. The van der Waals surface area contributed by atoms with Gasteiger partial charge in [0.15, 0.2) is 5.69 Å². The molecule has 0 radical (unpaired) electrons. The maximum Gasteiger partial charge on any atom is 0.276 e. The molecule has 0 N–H and O–H groups in total. The van der Waals surface area contributed by atoms with Crippen LogP contribution in [-0.4, -0.2) is 38.4 Å². The molecule has 0 bridgehead atoms. The largest absolute Gasteiger partial charge is 0.334 e. The molecule has 1 aliphatic rings. The molecule has 1 amide bonds. The summed E-state index contributed by atoms with van der Waals surface area (Å²) in [6.45, 7) is 11.5. The molecule has 1 aliphatic heterocycles. The Morgan fingerprint density at radius 2 is 2.05 bits per heavy atom. The first-order valence-electron chi connectivity index (χ1n) is 8.53. The van der Waals surface area contributed by atoms with Crippen molar-refractivity contribution in [2.75, 3.05) is 6.54 Å². The SMILES string of the molecule is CC(C)CC1CCCCCN1C(=O)c1cn(C(C)(C)C)nn1. The van der Waals surface area contributed by atoms with E-state index in [9.17, 15) is 4.79 Å². The number of nitrogens with zero attached hydrogens (tertiary/aromatic N) is 4. The van der Waals surface area contributed by atoms with Crippen LogP contribution in [0.15, 0.2) is 6.20 Å². The normalized spacial score (nSPS) is 20.3. The van der Waals surface area contributed by atoms with Crippen LogP contribution in [0.4, 0.5) is 0 Å². The van der Waals surface area contributed by atoms with Crippen LogP contribution in [0.2, 0.25) is 0 Å². The molecule has 2 heterocycles. The lowest BCUT2D eigenvalue weighted by Gasteiger charge is -2.30. The van der Waals surface area contributed by atoms with E-state index < -0.39 is 0 Å². The number of aromatic nitrogens is 3. The highest BCUT2D eigenvalue weighted by molar-refractivity contribution is 5.92. The third-order valence-electron chi connectivity index (χ3n) is 4.28. The zero-order valence-electron chi connectivity index (χ0n) is 14.7. The summed E-state index contributed by atoms with van der Waals surface area (Å²) in [5.74, 6) is 0.645. The first-order chi connectivity index (χ1) is 10.3. The summed E-state index contributed by atoms with van der Waals surface area (Å²) in [5.41, 5.74) is 0.326. The van der Waals surface area contributed by atoms with Crippen molar-refractivity contribution in [3.63, 3.8) is 0 Å². The van der Waals surface area contributed by atoms with Crippen molar-refractivity contribution in [3.05, 3.63) is 11.9 Å². The molecule has 0 aromatic carbocycles. The maximum atomic E-state index is 12.9. The van der Waals surface area contributed by atoms with Crippen molar-refractivity contribution in [1.29, 1.82) is 0 Å². The lowest BCUT2D eigenvalue weighted by atomic mass is 9.98. The second-order valence-corrected chi connectivity index (χ2v) is 7.85. The minimum absolute atomic E-state index is 0.0445. The van der Waals surface area contributed by atoms with E-state index in [1.807, 2.05) is 4.90 Å². The van der Waals surface area contributed by atoms with Crippen molar-refractivity contribution in [2.24, 2.45) is 5.92 Å². The Bertz CT molecular complexity index is 501. The molecule has 1 fully saturated rings. The van der Waals surface area contributed by atoms with Crippen LogP contribution in [-0.2, 0) is 5.54 Å². The van der Waals surface area contributed by atoms with Gasteiger partial charge in [-0.1, -0.05) is 31.9 Å². The van der Waals surface area contributed by atoms with E-state index in [1.165, 1.54) is 12.8 Å². The summed E-state index contributed by atoms with van der Waals surface area (Å²) in [7, 11) is 0. The maximum absolute atomic E-state index is 12.9. The van der Waals surface area contributed by atoms with Crippen molar-refractivity contribution in [2.45, 2.75) is 78.3 Å². The fraction of sp³-hybridized carbons (Fsp3) is 0.824. The van der Waals surface area contributed by atoms with Crippen LogP contribution in [0, 0.1) is 5.92 Å². The van der Waals surface area contributed by atoms with Gasteiger partial charge in [-0.3, -0.25) is 4.79 Å². The third-order valence-corrected chi connectivity index (χ3v) is 4.28. The zero-order valence-corrected chi connectivity index (χ0v) is 14.7. The summed E-state index contributed by atoms with van der Waals surface area (Å²) in [5, 5.41) is 8.26. The van der Waals surface area contributed by atoms with Gasteiger partial charge < -0.3 is 4.90 Å². The lowest BCUT2D eigenvalue weighted by molar-refractivity contribution is 0.0655. The molecule has 1 unspecified atom stereocenters. The number of amides is 1. The molecule has 1 atom stereocenters. The van der Waals surface area contributed by atoms with Gasteiger partial charge >= 0.3 is 0 Å². The Balaban J connectivity index is 2.18. The van der Waals surface area contributed by atoms with Crippen LogP contribution in [0.25, 0.3) is 0 Å². The van der Waals surface area contributed by atoms with Crippen LogP contribution >= 0.6 is 0 Å². The highest BCUT2D eigenvalue weighted by atomic mass is 16.2. The van der Waals surface area contributed by atoms with E-state index in [4.69, 9.17) is 0 Å². The Kier molecular flexibility index (Phi) is 5.24. The highest BCUT2D eigenvalue weighted by Crippen LogP contribution is 2.24. The van der Waals surface area contributed by atoms with E-state index in [0.29, 0.717) is 17.7 Å². The summed E-state index contributed by atoms with van der Waals surface area (Å²) in [6.07, 6.45) is 7.49. The summed E-state index contributed by atoms with van der Waals surface area (Å²) in [6, 6.07) is 0.342. The second kappa shape index (κ2) is 6.80. The van der Waals surface area contributed by atoms with Gasteiger partial charge in [-0.25, -0.2) is 4.68 Å². The molecule has 1 aromatic rings. The van der Waals surface area contributed by atoms with Crippen molar-refractivity contribution in [3.8, 4) is 0 Å². The van der Waals surface area contributed by atoms with Gasteiger partial charge in [-0.2, -0.15) is 0 Å². The van der Waals surface area contributed by atoms with Gasteiger partial charge in [0.1, 0.15) is 0 Å². The van der Waals surface area contributed by atoms with Gasteiger partial charge in [0.2, 0.25) is 0 Å². The van der Waals surface area contributed by atoms with Crippen molar-refractivity contribution in [1.82, 2.24) is 19.9 Å². The molecule has 5 nitrogen and oxygen atoms in total. The highest BCUT2D eigenvalue weighted by Gasteiger charge is 2.29. The number of hydrogen-bond donors (Lipinski definition) is 0. The Morgan fingerprint density at radius 3 is 2.64 bits per heavy atom. The molecular formula is C17H30N4O. The first kappa shape index (κ1) is 17.0. The van der Waals surface area contributed by atoms with E-state index in [2.05, 4.69) is 44.9 Å². The monoisotopic (exact) mass is 306 g/mol. The van der Waals surface area contributed by atoms with Crippen LogP contribution in [0.5, 0.6) is 0 Å². The molecular weight excluding hydrogens is 276 g/mol. The third kappa shape index (κ3) is 4.08. The molecule has 5 heteroatoms. The zero-order chi connectivity index (χ0) is 16.3. The van der Waals surface area contributed by atoms with Crippen LogP contribution in [0.3, 0.4) is 0 Å². The Labute approximate surface area is 134 Å². The number of carbonyl (C=O) groups is 1.